The minimum atomic E-state index is -0.607. The maximum absolute atomic E-state index is 11.6. The number of rotatable bonds is 2. The Balaban J connectivity index is 2.63. The highest BCUT2D eigenvalue weighted by atomic mass is 16.2. The van der Waals surface area contributed by atoms with Crippen molar-refractivity contribution < 1.29 is 0 Å². The number of hydrogen-bond donors (Lipinski definition) is 1. The Kier molecular flexibility index (Phi) is 2.72. The van der Waals surface area contributed by atoms with Crippen LogP contribution in [-0.4, -0.2) is 9.55 Å². The fourth-order valence-electron chi connectivity index (χ4n) is 1.56. The minimum Gasteiger partial charge on any atom is -0.323 e. The molecular weight excluding hydrogens is 204 g/mol. The average Bonchev–Trinajstić information content (AvgIpc) is 2.33. The molecule has 1 heterocycles. The second kappa shape index (κ2) is 4.18. The Labute approximate surface area is 92.2 Å². The molecule has 1 aromatic carbocycles. The van der Waals surface area contributed by atoms with Crippen LogP contribution < -0.4 is 11.1 Å². The molecule has 4 nitrogen and oxygen atoms in total. The van der Waals surface area contributed by atoms with Crippen molar-refractivity contribution in [3.05, 3.63) is 62.9 Å². The third-order valence-electron chi connectivity index (χ3n) is 2.45. The van der Waals surface area contributed by atoms with Crippen molar-refractivity contribution in [1.82, 2.24) is 9.55 Å². The van der Waals surface area contributed by atoms with Gasteiger partial charge in [-0.15, -0.1) is 0 Å². The van der Waals surface area contributed by atoms with Gasteiger partial charge in [-0.05, 0) is 24.1 Å². The molecule has 4 heteroatoms. The summed E-state index contributed by atoms with van der Waals surface area (Å²) in [6.07, 6.45) is 3.91. The zero-order valence-corrected chi connectivity index (χ0v) is 8.93. The minimum absolute atomic E-state index is 0.559. The standard InChI is InChI=1S/C12H12N2O2/c1-2-9-4-3-5-10(8-9)14-7-6-13-11(15)12(14)16/h3-8H,2H2,1H3,(H,13,15). The van der Waals surface area contributed by atoms with E-state index in [-0.39, 0.29) is 0 Å². The zero-order valence-electron chi connectivity index (χ0n) is 8.93. The van der Waals surface area contributed by atoms with E-state index in [0.717, 1.165) is 17.7 Å². The van der Waals surface area contributed by atoms with Crippen LogP contribution in [0.2, 0.25) is 0 Å². The molecule has 0 saturated heterocycles. The molecule has 0 atom stereocenters. The SMILES string of the molecule is CCc1cccc(-n2cc[nH]c(=O)c2=O)c1. The molecule has 0 aliphatic carbocycles. The van der Waals surface area contributed by atoms with Gasteiger partial charge in [0.05, 0.1) is 0 Å². The van der Waals surface area contributed by atoms with E-state index in [1.807, 2.05) is 25.1 Å². The van der Waals surface area contributed by atoms with Gasteiger partial charge < -0.3 is 4.98 Å². The van der Waals surface area contributed by atoms with E-state index in [9.17, 15) is 9.59 Å². The van der Waals surface area contributed by atoms with Crippen molar-refractivity contribution in [2.45, 2.75) is 13.3 Å². The fraction of sp³-hybridized carbons (Fsp3) is 0.167. The van der Waals surface area contributed by atoms with Crippen LogP contribution in [0.25, 0.3) is 5.69 Å². The summed E-state index contributed by atoms with van der Waals surface area (Å²) in [4.78, 5) is 25.1. The molecule has 82 valence electrons. The summed E-state index contributed by atoms with van der Waals surface area (Å²) in [6.45, 7) is 2.04. The first-order valence-electron chi connectivity index (χ1n) is 5.12. The predicted octanol–water partition coefficient (Wildman–Crippen LogP) is 1.09. The fourth-order valence-corrected chi connectivity index (χ4v) is 1.56. The summed E-state index contributed by atoms with van der Waals surface area (Å²) in [7, 11) is 0. The van der Waals surface area contributed by atoms with Gasteiger partial charge >= 0.3 is 11.1 Å². The van der Waals surface area contributed by atoms with Gasteiger partial charge in [0.2, 0.25) is 0 Å². The highest BCUT2D eigenvalue weighted by molar-refractivity contribution is 5.35. The quantitative estimate of drug-likeness (QED) is 0.764. The summed E-state index contributed by atoms with van der Waals surface area (Å²) < 4.78 is 1.35. The van der Waals surface area contributed by atoms with Crippen LogP contribution >= 0.6 is 0 Å². The Morgan fingerprint density at radius 2 is 2.12 bits per heavy atom. The van der Waals surface area contributed by atoms with E-state index in [4.69, 9.17) is 0 Å². The molecule has 0 saturated carbocycles. The molecule has 0 spiro atoms. The second-order valence-corrected chi connectivity index (χ2v) is 3.49. The van der Waals surface area contributed by atoms with Crippen molar-refractivity contribution in [2.24, 2.45) is 0 Å². The van der Waals surface area contributed by atoms with E-state index in [0.29, 0.717) is 0 Å². The monoisotopic (exact) mass is 216 g/mol. The van der Waals surface area contributed by atoms with Crippen LogP contribution in [0.4, 0.5) is 0 Å². The van der Waals surface area contributed by atoms with Crippen molar-refractivity contribution in [1.29, 1.82) is 0 Å². The van der Waals surface area contributed by atoms with E-state index in [1.54, 1.807) is 12.3 Å². The van der Waals surface area contributed by atoms with Crippen LogP contribution in [0.3, 0.4) is 0 Å². The number of aromatic nitrogens is 2. The van der Waals surface area contributed by atoms with Crippen LogP contribution in [0, 0.1) is 0 Å². The maximum atomic E-state index is 11.6. The normalized spacial score (nSPS) is 10.3. The van der Waals surface area contributed by atoms with Crippen molar-refractivity contribution in [3.63, 3.8) is 0 Å². The molecule has 0 amide bonds. The highest BCUT2D eigenvalue weighted by Crippen LogP contribution is 2.08. The smallest absolute Gasteiger partial charge is 0.320 e. The molecule has 0 fully saturated rings. The lowest BCUT2D eigenvalue weighted by Crippen LogP contribution is -2.34. The molecule has 1 aromatic heterocycles. The van der Waals surface area contributed by atoms with Gasteiger partial charge in [0, 0.05) is 18.1 Å². The largest absolute Gasteiger partial charge is 0.323 e. The summed E-state index contributed by atoms with van der Waals surface area (Å²) in [5.74, 6) is 0. The Bertz CT molecular complexity index is 611. The number of H-pyrrole nitrogens is 1. The predicted molar refractivity (Wildman–Crippen MR) is 62.0 cm³/mol. The highest BCUT2D eigenvalue weighted by Gasteiger charge is 2.02. The van der Waals surface area contributed by atoms with Gasteiger partial charge in [-0.1, -0.05) is 19.1 Å². The molecule has 0 aliphatic heterocycles. The van der Waals surface area contributed by atoms with E-state index < -0.39 is 11.1 Å². The lowest BCUT2D eigenvalue weighted by atomic mass is 10.1. The van der Waals surface area contributed by atoms with E-state index in [2.05, 4.69) is 4.98 Å². The molecule has 0 unspecified atom stereocenters. The first kappa shape index (κ1) is 10.4. The second-order valence-electron chi connectivity index (χ2n) is 3.49. The molecule has 0 aliphatic rings. The average molecular weight is 216 g/mol. The molecule has 2 rings (SSSR count). The summed E-state index contributed by atoms with van der Waals surface area (Å²) in [5, 5.41) is 0. The lowest BCUT2D eigenvalue weighted by Gasteiger charge is -2.05. The number of benzene rings is 1. The molecule has 1 N–H and O–H groups in total. The van der Waals surface area contributed by atoms with Crippen molar-refractivity contribution in [3.8, 4) is 5.69 Å². The van der Waals surface area contributed by atoms with Gasteiger partial charge in [0.15, 0.2) is 0 Å². The Hall–Kier alpha value is -2.10. The van der Waals surface area contributed by atoms with Gasteiger partial charge in [0.25, 0.3) is 0 Å². The van der Waals surface area contributed by atoms with Crippen LogP contribution in [0.5, 0.6) is 0 Å². The van der Waals surface area contributed by atoms with Crippen molar-refractivity contribution in [2.75, 3.05) is 0 Å². The lowest BCUT2D eigenvalue weighted by molar-refractivity contribution is 0.923. The third-order valence-corrected chi connectivity index (χ3v) is 2.45. The first-order chi connectivity index (χ1) is 7.72. The van der Waals surface area contributed by atoms with Gasteiger partial charge in [-0.2, -0.15) is 0 Å². The van der Waals surface area contributed by atoms with Gasteiger partial charge in [0.1, 0.15) is 0 Å². The zero-order chi connectivity index (χ0) is 11.5. The summed E-state index contributed by atoms with van der Waals surface area (Å²) in [6, 6.07) is 7.57. The summed E-state index contributed by atoms with van der Waals surface area (Å²) in [5.41, 5.74) is 0.681. The first-order valence-corrected chi connectivity index (χ1v) is 5.12. The number of nitrogens with zero attached hydrogens (tertiary/aromatic N) is 1. The van der Waals surface area contributed by atoms with Crippen molar-refractivity contribution >= 4 is 0 Å². The topological polar surface area (TPSA) is 54.9 Å². The number of aromatic amines is 1. The summed E-state index contributed by atoms with van der Waals surface area (Å²) >= 11 is 0. The van der Waals surface area contributed by atoms with Crippen LogP contribution in [-0.2, 0) is 6.42 Å². The molecule has 2 aromatic rings. The third kappa shape index (κ3) is 1.82. The Morgan fingerprint density at radius 1 is 1.31 bits per heavy atom. The van der Waals surface area contributed by atoms with Crippen LogP contribution in [0.15, 0.2) is 46.2 Å². The van der Waals surface area contributed by atoms with Gasteiger partial charge in [-0.3, -0.25) is 14.2 Å². The number of nitrogens with one attached hydrogen (secondary N) is 1. The van der Waals surface area contributed by atoms with Gasteiger partial charge in [-0.25, -0.2) is 0 Å². The number of aryl methyl sites for hydroxylation is 1. The molecule has 0 bridgehead atoms. The number of hydrogen-bond acceptors (Lipinski definition) is 2. The van der Waals surface area contributed by atoms with E-state index in [1.165, 1.54) is 10.8 Å². The Morgan fingerprint density at radius 3 is 2.88 bits per heavy atom. The molecule has 0 radical (unpaired) electrons. The van der Waals surface area contributed by atoms with E-state index >= 15 is 0 Å². The maximum Gasteiger partial charge on any atom is 0.320 e. The molecular formula is C12H12N2O2. The molecule has 16 heavy (non-hydrogen) atoms. The van der Waals surface area contributed by atoms with Crippen LogP contribution in [0.1, 0.15) is 12.5 Å².